The summed E-state index contributed by atoms with van der Waals surface area (Å²) in [4.78, 5) is 33.9. The molecule has 0 aromatic heterocycles. The molecule has 0 atom stereocenters. The summed E-state index contributed by atoms with van der Waals surface area (Å²) >= 11 is 0. The molecule has 0 saturated carbocycles. The van der Waals surface area contributed by atoms with E-state index in [1.165, 1.54) is 24.3 Å². The van der Waals surface area contributed by atoms with Crippen LogP contribution >= 0.6 is 0 Å². The molecular formula is C17H27NaO9S. The first-order chi connectivity index (χ1) is 12.5. The molecule has 0 aliphatic carbocycles. The van der Waals surface area contributed by atoms with Crippen LogP contribution in [-0.2, 0) is 34.0 Å². The maximum atomic E-state index is 11.4. The smallest absolute Gasteiger partial charge is 0.481 e. The van der Waals surface area contributed by atoms with Crippen LogP contribution in [0.3, 0.4) is 0 Å². The second-order valence-electron chi connectivity index (χ2n) is 5.29. The van der Waals surface area contributed by atoms with Crippen LogP contribution in [0.25, 0.3) is 0 Å². The van der Waals surface area contributed by atoms with E-state index in [2.05, 4.69) is 6.92 Å². The molecule has 0 aromatic carbocycles. The van der Waals surface area contributed by atoms with E-state index in [0.29, 0.717) is 0 Å². The zero-order valence-electron chi connectivity index (χ0n) is 16.7. The number of carboxylic acid groups (broad SMARTS) is 1. The van der Waals surface area contributed by atoms with Gasteiger partial charge < -0.3 is 21.5 Å². The molecule has 0 spiro atoms. The molecule has 0 unspecified atom stereocenters. The van der Waals surface area contributed by atoms with Crippen molar-refractivity contribution < 1.29 is 71.5 Å². The van der Waals surface area contributed by atoms with Gasteiger partial charge in [-0.25, -0.2) is 9.59 Å². The van der Waals surface area contributed by atoms with Crippen molar-refractivity contribution in [1.29, 1.82) is 0 Å². The quantitative estimate of drug-likeness (QED) is 0.144. The summed E-state index contributed by atoms with van der Waals surface area (Å²) in [5.74, 6) is -2.69. The first-order valence-corrected chi connectivity index (χ1v) is 9.65. The molecule has 0 aliphatic rings. The van der Waals surface area contributed by atoms with Gasteiger partial charge in [0.1, 0.15) is 18.6 Å². The van der Waals surface area contributed by atoms with Gasteiger partial charge >= 0.3 is 47.5 Å². The SMILES string of the molecule is CC=CC(=O)OCC(CC)(COC(=O)C=CC)C(=O)O.[CH2-]CCS(=O)(=O)O.[Na+]. The fourth-order valence-electron chi connectivity index (χ4n) is 1.49. The third-order valence-corrected chi connectivity index (χ3v) is 3.92. The molecule has 28 heavy (non-hydrogen) atoms. The zero-order valence-corrected chi connectivity index (χ0v) is 19.5. The summed E-state index contributed by atoms with van der Waals surface area (Å²) in [6.45, 7) is 7.43. The van der Waals surface area contributed by atoms with Crippen LogP contribution in [-0.4, -0.2) is 55.0 Å². The third-order valence-electron chi connectivity index (χ3n) is 3.12. The van der Waals surface area contributed by atoms with Crippen molar-refractivity contribution in [2.24, 2.45) is 5.41 Å². The maximum absolute atomic E-state index is 11.4. The van der Waals surface area contributed by atoms with Gasteiger partial charge in [-0.3, -0.25) is 9.35 Å². The van der Waals surface area contributed by atoms with Crippen LogP contribution in [0.15, 0.2) is 24.3 Å². The Morgan fingerprint density at radius 1 is 1.04 bits per heavy atom. The molecule has 0 fully saturated rings. The number of carbonyl (C=O) groups excluding carboxylic acids is 2. The average molecular weight is 430 g/mol. The molecular weight excluding hydrogens is 403 g/mol. The molecule has 0 radical (unpaired) electrons. The minimum absolute atomic E-state index is 0. The predicted molar refractivity (Wildman–Crippen MR) is 98.3 cm³/mol. The van der Waals surface area contributed by atoms with E-state index in [0.717, 1.165) is 0 Å². The van der Waals surface area contributed by atoms with Crippen LogP contribution in [0.5, 0.6) is 0 Å². The Morgan fingerprint density at radius 2 is 1.43 bits per heavy atom. The number of esters is 2. The van der Waals surface area contributed by atoms with Crippen molar-refractivity contribution in [3.05, 3.63) is 31.2 Å². The first kappa shape index (κ1) is 31.5. The van der Waals surface area contributed by atoms with Crippen molar-refractivity contribution in [2.75, 3.05) is 19.0 Å². The van der Waals surface area contributed by atoms with Gasteiger partial charge in [0.2, 0.25) is 0 Å². The Balaban J connectivity index is -0.000000665. The molecule has 11 heteroatoms. The number of hydrogen-bond acceptors (Lipinski definition) is 7. The zero-order chi connectivity index (χ0) is 21.5. The van der Waals surface area contributed by atoms with Gasteiger partial charge in [-0.05, 0) is 20.3 Å². The third kappa shape index (κ3) is 15.8. The molecule has 0 saturated heterocycles. The number of ether oxygens (including phenoxy) is 2. The predicted octanol–water partition coefficient (Wildman–Crippen LogP) is -1.19. The summed E-state index contributed by atoms with van der Waals surface area (Å²) in [6, 6.07) is 0. The number of allylic oxidation sites excluding steroid dienone is 2. The minimum atomic E-state index is -3.74. The van der Waals surface area contributed by atoms with Gasteiger partial charge in [0.25, 0.3) is 10.1 Å². The van der Waals surface area contributed by atoms with Crippen LogP contribution in [0, 0.1) is 12.3 Å². The number of carbonyl (C=O) groups is 3. The number of rotatable bonds is 10. The summed E-state index contributed by atoms with van der Waals surface area (Å²) in [5, 5.41) is 9.29. The van der Waals surface area contributed by atoms with Crippen LogP contribution in [0.2, 0.25) is 0 Å². The average Bonchev–Trinajstić information content (AvgIpc) is 2.55. The van der Waals surface area contributed by atoms with Gasteiger partial charge in [-0.15, -0.1) is 0 Å². The van der Waals surface area contributed by atoms with Gasteiger partial charge in [-0.2, -0.15) is 14.8 Å². The van der Waals surface area contributed by atoms with Gasteiger partial charge in [0.15, 0.2) is 0 Å². The van der Waals surface area contributed by atoms with E-state index in [4.69, 9.17) is 14.0 Å². The van der Waals surface area contributed by atoms with E-state index < -0.39 is 33.4 Å². The Bertz CT molecular complexity index is 611. The van der Waals surface area contributed by atoms with E-state index in [1.54, 1.807) is 20.8 Å². The van der Waals surface area contributed by atoms with Crippen LogP contribution in [0.1, 0.15) is 33.6 Å². The molecule has 9 nitrogen and oxygen atoms in total. The van der Waals surface area contributed by atoms with E-state index in [9.17, 15) is 27.9 Å². The molecule has 0 amide bonds. The van der Waals surface area contributed by atoms with Crippen LogP contribution in [0.4, 0.5) is 0 Å². The standard InChI is InChI=1S/C14H20O6.C3H7O3S.Na/c1-4-7-11(15)19-9-14(6-3,13(17)18)10-20-12(16)8-5-2;1-2-3-7(4,5)6;/h4-5,7-8H,6,9-10H2,1-3H3,(H,17,18);1-3H2,(H,4,5,6);/q;-1;+1. The van der Waals surface area contributed by atoms with Crippen molar-refractivity contribution in [1.82, 2.24) is 0 Å². The fraction of sp³-hybridized carbons (Fsp3) is 0.529. The van der Waals surface area contributed by atoms with E-state index in [1.807, 2.05) is 0 Å². The Labute approximate surface area is 188 Å². The summed E-state index contributed by atoms with van der Waals surface area (Å²) in [5.41, 5.74) is -1.44. The Morgan fingerprint density at radius 3 is 1.61 bits per heavy atom. The second kappa shape index (κ2) is 16.7. The van der Waals surface area contributed by atoms with E-state index in [-0.39, 0.29) is 61.4 Å². The van der Waals surface area contributed by atoms with E-state index >= 15 is 0 Å². The maximum Gasteiger partial charge on any atom is 1.00 e. The number of aliphatic carboxylic acids is 1. The first-order valence-electron chi connectivity index (χ1n) is 8.04. The van der Waals surface area contributed by atoms with Gasteiger partial charge in [-0.1, -0.05) is 19.1 Å². The topological polar surface area (TPSA) is 144 Å². The van der Waals surface area contributed by atoms with Gasteiger partial charge in [0, 0.05) is 17.9 Å². The molecule has 0 aromatic rings. The Kier molecular flexibility index (Phi) is 18.8. The number of carboxylic acids is 1. The summed E-state index contributed by atoms with van der Waals surface area (Å²) in [6.07, 6.45) is 5.74. The van der Waals surface area contributed by atoms with Gasteiger partial charge in [0.05, 0.1) is 0 Å². The summed E-state index contributed by atoms with van der Waals surface area (Å²) in [7, 11) is -3.74. The molecule has 0 heterocycles. The normalized spacial score (nSPS) is 13.0. The minimum Gasteiger partial charge on any atom is -0.481 e. The Hall–Kier alpha value is -1.20. The molecule has 2 N–H and O–H groups in total. The van der Waals surface area contributed by atoms with Crippen molar-refractivity contribution in [3.8, 4) is 0 Å². The monoisotopic (exact) mass is 430 g/mol. The molecule has 0 bridgehead atoms. The van der Waals surface area contributed by atoms with Crippen molar-refractivity contribution in [2.45, 2.75) is 33.6 Å². The largest absolute Gasteiger partial charge is 1.00 e. The fourth-order valence-corrected chi connectivity index (χ4v) is 1.85. The molecule has 156 valence electrons. The van der Waals surface area contributed by atoms with Crippen molar-refractivity contribution in [3.63, 3.8) is 0 Å². The van der Waals surface area contributed by atoms with Crippen LogP contribution < -0.4 is 29.6 Å². The summed E-state index contributed by atoms with van der Waals surface area (Å²) < 4.78 is 37.2. The molecule has 0 aliphatic heterocycles. The number of hydrogen-bond donors (Lipinski definition) is 2. The molecule has 0 rings (SSSR count). The van der Waals surface area contributed by atoms with Crippen molar-refractivity contribution >= 4 is 28.0 Å². The second-order valence-corrected chi connectivity index (χ2v) is 6.87.